The maximum absolute atomic E-state index is 10.0. The maximum Gasteiger partial charge on any atom is 0.303 e. The molecule has 1 heterocycles. The van der Waals surface area contributed by atoms with Crippen LogP contribution in [0.15, 0.2) is 12.0 Å². The van der Waals surface area contributed by atoms with Gasteiger partial charge in [-0.3, -0.25) is 4.79 Å². The lowest BCUT2D eigenvalue weighted by Crippen LogP contribution is -1.96. The van der Waals surface area contributed by atoms with Crippen molar-refractivity contribution >= 4 is 5.97 Å². The number of carbonyl (C=O) groups is 1. The fourth-order valence-corrected chi connectivity index (χ4v) is 0.535. The lowest BCUT2D eigenvalue weighted by molar-refractivity contribution is -0.276. The predicted octanol–water partition coefficient (Wildman–Crippen LogP) is 0.159. The van der Waals surface area contributed by atoms with Crippen molar-refractivity contribution < 1.29 is 19.8 Å². The number of hydrogen-bond acceptors (Lipinski definition) is 4. The Labute approximate surface area is 57.1 Å². The number of hydrogen-bond donors (Lipinski definition) is 2. The van der Waals surface area contributed by atoms with Crippen molar-refractivity contribution in [2.45, 2.75) is 12.8 Å². The van der Waals surface area contributed by atoms with E-state index in [2.05, 4.69) is 15.4 Å². The zero-order chi connectivity index (χ0) is 7.40. The standard InChI is InChI=1S/C5H7NO4/c7-5(8)2-1-4-3-6-10-9-4/h3,6H,1-2H2,(H,7,8). The first-order valence-corrected chi connectivity index (χ1v) is 2.79. The third kappa shape index (κ3) is 1.94. The van der Waals surface area contributed by atoms with Gasteiger partial charge in [0.25, 0.3) is 0 Å². The van der Waals surface area contributed by atoms with Gasteiger partial charge in [-0.1, -0.05) is 4.99 Å². The van der Waals surface area contributed by atoms with Crippen LogP contribution < -0.4 is 5.48 Å². The predicted molar refractivity (Wildman–Crippen MR) is 30.3 cm³/mol. The van der Waals surface area contributed by atoms with Crippen LogP contribution in [-0.4, -0.2) is 11.1 Å². The zero-order valence-corrected chi connectivity index (χ0v) is 5.16. The summed E-state index contributed by atoms with van der Waals surface area (Å²) >= 11 is 0. The fourth-order valence-electron chi connectivity index (χ4n) is 0.535. The molecule has 0 aromatic rings. The molecule has 0 saturated heterocycles. The first kappa shape index (κ1) is 6.88. The molecule has 5 heteroatoms. The van der Waals surface area contributed by atoms with E-state index in [0.717, 1.165) is 0 Å². The van der Waals surface area contributed by atoms with Crippen LogP contribution in [0.1, 0.15) is 12.8 Å². The second-order valence-electron chi connectivity index (χ2n) is 1.79. The lowest BCUT2D eigenvalue weighted by atomic mass is 10.3. The van der Waals surface area contributed by atoms with Crippen LogP contribution in [0.25, 0.3) is 0 Å². The molecule has 10 heavy (non-hydrogen) atoms. The first-order valence-electron chi connectivity index (χ1n) is 2.79. The summed E-state index contributed by atoms with van der Waals surface area (Å²) in [5, 5.41) is 8.23. The Hall–Kier alpha value is -1.23. The van der Waals surface area contributed by atoms with Crippen molar-refractivity contribution in [1.29, 1.82) is 0 Å². The summed E-state index contributed by atoms with van der Waals surface area (Å²) in [5.41, 5.74) is 2.32. The van der Waals surface area contributed by atoms with Gasteiger partial charge in [0.15, 0.2) is 5.76 Å². The molecule has 1 rings (SSSR count). The summed E-state index contributed by atoms with van der Waals surface area (Å²) in [6.07, 6.45) is 1.88. The first-order chi connectivity index (χ1) is 4.79. The number of nitrogens with one attached hydrogen (secondary N) is 1. The van der Waals surface area contributed by atoms with Crippen molar-refractivity contribution in [3.8, 4) is 0 Å². The van der Waals surface area contributed by atoms with Gasteiger partial charge in [-0.15, -0.1) is 0 Å². The van der Waals surface area contributed by atoms with E-state index in [-0.39, 0.29) is 6.42 Å². The number of carboxylic acid groups (broad SMARTS) is 1. The molecule has 0 spiro atoms. The van der Waals surface area contributed by atoms with Gasteiger partial charge in [0, 0.05) is 6.42 Å². The molecule has 0 bridgehead atoms. The normalized spacial score (nSPS) is 15.4. The number of carboxylic acids is 1. The molecule has 2 N–H and O–H groups in total. The number of hydroxylamine groups is 1. The van der Waals surface area contributed by atoms with Crippen molar-refractivity contribution in [3.63, 3.8) is 0 Å². The van der Waals surface area contributed by atoms with E-state index in [9.17, 15) is 4.79 Å². The third-order valence-electron chi connectivity index (χ3n) is 1.00. The lowest BCUT2D eigenvalue weighted by Gasteiger charge is -1.94. The Balaban J connectivity index is 2.19. The van der Waals surface area contributed by atoms with Gasteiger partial charge in [-0.25, -0.2) is 5.48 Å². The summed E-state index contributed by atoms with van der Waals surface area (Å²) in [6.45, 7) is 0. The van der Waals surface area contributed by atoms with E-state index in [1.165, 1.54) is 6.20 Å². The minimum Gasteiger partial charge on any atom is -0.481 e. The SMILES string of the molecule is O=C(O)CCC1=CNOO1. The summed E-state index contributed by atoms with van der Waals surface area (Å²) in [7, 11) is 0. The minimum atomic E-state index is -0.851. The average molecular weight is 145 g/mol. The average Bonchev–Trinajstić information content (AvgIpc) is 2.34. The van der Waals surface area contributed by atoms with Crippen molar-refractivity contribution in [2.75, 3.05) is 0 Å². The summed E-state index contributed by atoms with van der Waals surface area (Å²) in [4.78, 5) is 18.8. The second kappa shape index (κ2) is 3.07. The molecule has 0 fully saturated rings. The summed E-state index contributed by atoms with van der Waals surface area (Å²) in [6, 6.07) is 0. The Kier molecular flexibility index (Phi) is 2.11. The fraction of sp³-hybridized carbons (Fsp3) is 0.400. The summed E-state index contributed by atoms with van der Waals surface area (Å²) in [5.74, 6) is -0.348. The van der Waals surface area contributed by atoms with Gasteiger partial charge < -0.3 is 9.99 Å². The molecule has 0 aromatic carbocycles. The zero-order valence-electron chi connectivity index (χ0n) is 5.16. The van der Waals surface area contributed by atoms with Crippen LogP contribution >= 0.6 is 0 Å². The molecule has 0 radical (unpaired) electrons. The van der Waals surface area contributed by atoms with Gasteiger partial charge in [-0.2, -0.15) is 0 Å². The molecule has 0 unspecified atom stereocenters. The van der Waals surface area contributed by atoms with E-state index in [1.54, 1.807) is 0 Å². The molecule has 5 nitrogen and oxygen atoms in total. The van der Waals surface area contributed by atoms with Crippen LogP contribution in [0.2, 0.25) is 0 Å². The molecule has 0 saturated carbocycles. The Morgan fingerprint density at radius 1 is 1.80 bits per heavy atom. The van der Waals surface area contributed by atoms with Crippen LogP contribution in [0.3, 0.4) is 0 Å². The van der Waals surface area contributed by atoms with Gasteiger partial charge in [0.05, 0.1) is 12.6 Å². The minimum absolute atomic E-state index is 0.0525. The topological polar surface area (TPSA) is 67.8 Å². The van der Waals surface area contributed by atoms with Gasteiger partial charge in [0.2, 0.25) is 0 Å². The monoisotopic (exact) mass is 145 g/mol. The maximum atomic E-state index is 10.0. The van der Waals surface area contributed by atoms with Crippen molar-refractivity contribution in [2.24, 2.45) is 0 Å². The van der Waals surface area contributed by atoms with Gasteiger partial charge >= 0.3 is 5.97 Å². The van der Waals surface area contributed by atoms with Crippen LogP contribution in [0.5, 0.6) is 0 Å². The Morgan fingerprint density at radius 2 is 2.60 bits per heavy atom. The van der Waals surface area contributed by atoms with Crippen molar-refractivity contribution in [1.82, 2.24) is 5.48 Å². The van der Waals surface area contributed by atoms with E-state index in [4.69, 9.17) is 5.11 Å². The molecule has 0 aliphatic carbocycles. The molecule has 1 aliphatic heterocycles. The highest BCUT2D eigenvalue weighted by atomic mass is 17.3. The van der Waals surface area contributed by atoms with Gasteiger partial charge in [0.1, 0.15) is 0 Å². The smallest absolute Gasteiger partial charge is 0.303 e. The second-order valence-corrected chi connectivity index (χ2v) is 1.79. The van der Waals surface area contributed by atoms with E-state index < -0.39 is 5.97 Å². The molecule has 56 valence electrons. The highest BCUT2D eigenvalue weighted by molar-refractivity contribution is 5.66. The summed E-state index contributed by atoms with van der Waals surface area (Å²) < 4.78 is 0. The molecular weight excluding hydrogens is 138 g/mol. The molecule has 0 atom stereocenters. The molecule has 0 amide bonds. The van der Waals surface area contributed by atoms with Crippen LogP contribution in [-0.2, 0) is 14.7 Å². The van der Waals surface area contributed by atoms with E-state index in [1.807, 2.05) is 0 Å². The van der Waals surface area contributed by atoms with E-state index >= 15 is 0 Å². The molecule has 1 aliphatic rings. The molecular formula is C5H7NO4. The number of allylic oxidation sites excluding steroid dienone is 1. The van der Waals surface area contributed by atoms with Crippen LogP contribution in [0, 0.1) is 0 Å². The van der Waals surface area contributed by atoms with Crippen LogP contribution in [0.4, 0.5) is 0 Å². The number of rotatable bonds is 3. The molecule has 0 aromatic heterocycles. The number of aliphatic carboxylic acids is 1. The third-order valence-corrected chi connectivity index (χ3v) is 1.00. The highest BCUT2D eigenvalue weighted by Crippen LogP contribution is 2.09. The highest BCUT2D eigenvalue weighted by Gasteiger charge is 2.08. The quantitative estimate of drug-likeness (QED) is 0.553. The Bertz CT molecular complexity index is 165. The van der Waals surface area contributed by atoms with Crippen molar-refractivity contribution in [3.05, 3.63) is 12.0 Å². The largest absolute Gasteiger partial charge is 0.481 e. The Morgan fingerprint density at radius 3 is 3.10 bits per heavy atom. The van der Waals surface area contributed by atoms with E-state index in [0.29, 0.717) is 12.2 Å². The van der Waals surface area contributed by atoms with Gasteiger partial charge in [-0.05, 0) is 0 Å².